The number of nitro benzene ring substituents is 1. The van der Waals surface area contributed by atoms with Gasteiger partial charge in [0.05, 0.1) is 26.8 Å². The van der Waals surface area contributed by atoms with Crippen molar-refractivity contribution in [2.45, 2.75) is 19.5 Å². The molecule has 0 bridgehead atoms. The fraction of sp³-hybridized carbons (Fsp3) is 0.167. The van der Waals surface area contributed by atoms with Crippen molar-refractivity contribution in [1.29, 1.82) is 0 Å². The van der Waals surface area contributed by atoms with E-state index in [1.165, 1.54) is 30.3 Å². The maximum Gasteiger partial charge on any atom is 0.417 e. The van der Waals surface area contributed by atoms with Crippen molar-refractivity contribution in [3.05, 3.63) is 92.2 Å². The quantitative estimate of drug-likeness (QED) is 0.226. The number of benzene rings is 2. The Morgan fingerprint density at radius 2 is 1.92 bits per heavy atom. The molecule has 0 atom stereocenters. The van der Waals surface area contributed by atoms with Crippen LogP contribution in [0.2, 0.25) is 10.0 Å². The molecular weight excluding hydrogens is 536 g/mol. The monoisotopic (exact) mass is 554 g/mol. The van der Waals surface area contributed by atoms with Gasteiger partial charge in [-0.05, 0) is 43.0 Å². The Bertz CT molecular complexity index is 1370. The number of carbonyl (C=O) groups excluding carboxylic acids is 1. The summed E-state index contributed by atoms with van der Waals surface area (Å²) in [6.45, 7) is 1.92. The fourth-order valence-electron chi connectivity index (χ4n) is 3.06. The summed E-state index contributed by atoms with van der Waals surface area (Å²) in [6, 6.07) is 8.67. The van der Waals surface area contributed by atoms with Gasteiger partial charge in [0, 0.05) is 31.1 Å². The predicted molar refractivity (Wildman–Crippen MR) is 135 cm³/mol. The third-order valence-electron chi connectivity index (χ3n) is 4.91. The number of halogens is 5. The van der Waals surface area contributed by atoms with Gasteiger partial charge in [0.2, 0.25) is 5.88 Å². The second-order valence-electron chi connectivity index (χ2n) is 7.57. The maximum absolute atomic E-state index is 12.9. The van der Waals surface area contributed by atoms with Crippen LogP contribution in [0, 0.1) is 10.1 Å². The molecule has 0 fully saturated rings. The van der Waals surface area contributed by atoms with Crippen molar-refractivity contribution in [2.75, 3.05) is 17.3 Å². The molecule has 1 amide bonds. The minimum Gasteiger partial charge on any atom is -0.435 e. The number of nitrogens with one attached hydrogen (secondary N) is 1. The number of pyridine rings is 1. The summed E-state index contributed by atoms with van der Waals surface area (Å²) in [5.41, 5.74) is -0.725. The van der Waals surface area contributed by atoms with Gasteiger partial charge in [-0.2, -0.15) is 13.2 Å². The summed E-state index contributed by atoms with van der Waals surface area (Å²) in [5.74, 6) is -0.750. The van der Waals surface area contributed by atoms with Crippen molar-refractivity contribution in [3.8, 4) is 11.6 Å². The van der Waals surface area contributed by atoms with Crippen LogP contribution in [0.3, 0.4) is 0 Å². The highest BCUT2D eigenvalue weighted by molar-refractivity contribution is 6.34. The zero-order chi connectivity index (χ0) is 27.3. The highest BCUT2D eigenvalue weighted by atomic mass is 35.5. The Morgan fingerprint density at radius 3 is 2.54 bits per heavy atom. The molecule has 0 saturated heterocycles. The highest BCUT2D eigenvalue weighted by Crippen LogP contribution is 2.38. The molecule has 0 aliphatic carbocycles. The van der Waals surface area contributed by atoms with E-state index < -0.39 is 22.6 Å². The third kappa shape index (κ3) is 6.89. The molecule has 0 radical (unpaired) electrons. The van der Waals surface area contributed by atoms with Crippen LogP contribution in [-0.4, -0.2) is 22.9 Å². The van der Waals surface area contributed by atoms with Gasteiger partial charge in [0.15, 0.2) is 5.75 Å². The van der Waals surface area contributed by atoms with Gasteiger partial charge in [-0.15, -0.1) is 0 Å². The average Bonchev–Trinajstić information content (AvgIpc) is 2.83. The molecule has 194 valence electrons. The molecule has 37 heavy (non-hydrogen) atoms. The normalized spacial score (nSPS) is 11.4. The first kappa shape index (κ1) is 27.8. The van der Waals surface area contributed by atoms with E-state index in [0.717, 1.165) is 6.07 Å². The van der Waals surface area contributed by atoms with Gasteiger partial charge in [-0.3, -0.25) is 14.9 Å². The van der Waals surface area contributed by atoms with E-state index in [9.17, 15) is 28.1 Å². The topological polar surface area (TPSA) is 97.6 Å². The number of hydrogen-bond acceptors (Lipinski definition) is 6. The van der Waals surface area contributed by atoms with Crippen molar-refractivity contribution in [1.82, 2.24) is 4.98 Å². The molecule has 3 rings (SSSR count). The molecule has 0 saturated carbocycles. The molecule has 1 aromatic heterocycles. The van der Waals surface area contributed by atoms with E-state index in [4.69, 9.17) is 27.9 Å². The number of aromatic nitrogens is 1. The second-order valence-corrected chi connectivity index (χ2v) is 8.39. The Morgan fingerprint density at radius 1 is 1.19 bits per heavy atom. The molecule has 3 aromatic rings. The molecule has 1 heterocycles. The zero-order valence-corrected chi connectivity index (χ0v) is 20.9. The number of hydrogen-bond donors (Lipinski definition) is 1. The summed E-state index contributed by atoms with van der Waals surface area (Å²) in [7, 11) is 1.69. The average molecular weight is 555 g/mol. The van der Waals surface area contributed by atoms with Crippen LogP contribution >= 0.6 is 23.2 Å². The molecular formula is C24H19Cl2F3N4O4. The van der Waals surface area contributed by atoms with Gasteiger partial charge in [-0.25, -0.2) is 4.98 Å². The smallest absolute Gasteiger partial charge is 0.417 e. The van der Waals surface area contributed by atoms with Crippen LogP contribution < -0.4 is 15.0 Å². The predicted octanol–water partition coefficient (Wildman–Crippen LogP) is 7.72. The van der Waals surface area contributed by atoms with E-state index in [2.05, 4.69) is 10.3 Å². The number of nitrogens with zero attached hydrogens (tertiary/aromatic N) is 3. The van der Waals surface area contributed by atoms with Crippen LogP contribution in [0.1, 0.15) is 29.3 Å². The lowest BCUT2D eigenvalue weighted by atomic mass is 10.1. The van der Waals surface area contributed by atoms with E-state index in [1.807, 2.05) is 13.0 Å². The standard InChI is InChI=1S/C24H19Cl2F3N4O4/c1-3-4-9-32(2)20-11-15(31-22(34)17-12-16(33(35)36)6-7-18(17)25)5-8-21(20)37-23-19(26)10-14(13-30-23)24(27,28)29/h4-13H,3H2,1-2H3,(H,31,34)/b9-4-. The molecule has 0 unspecified atom stereocenters. The number of allylic oxidation sites excluding steroid dienone is 1. The van der Waals surface area contributed by atoms with E-state index in [-0.39, 0.29) is 38.6 Å². The first-order chi connectivity index (χ1) is 17.4. The van der Waals surface area contributed by atoms with Crippen LogP contribution in [0.15, 0.2) is 60.9 Å². The Balaban J connectivity index is 1.95. The summed E-state index contributed by atoms with van der Waals surface area (Å²) >= 11 is 12.0. The maximum atomic E-state index is 12.9. The Kier molecular flexibility index (Phi) is 8.61. The van der Waals surface area contributed by atoms with Crippen LogP contribution in [-0.2, 0) is 6.18 Å². The van der Waals surface area contributed by atoms with E-state index in [1.54, 1.807) is 18.1 Å². The first-order valence-electron chi connectivity index (χ1n) is 10.6. The number of anilines is 2. The minimum absolute atomic E-state index is 0.0225. The number of ether oxygens (including phenoxy) is 1. The lowest BCUT2D eigenvalue weighted by Crippen LogP contribution is -2.14. The first-order valence-corrected chi connectivity index (χ1v) is 11.4. The number of alkyl halides is 3. The third-order valence-corrected chi connectivity index (χ3v) is 5.51. The molecule has 1 N–H and O–H groups in total. The highest BCUT2D eigenvalue weighted by Gasteiger charge is 2.32. The number of non-ortho nitro benzene ring substituents is 1. The largest absolute Gasteiger partial charge is 0.435 e. The van der Waals surface area contributed by atoms with Crippen molar-refractivity contribution in [2.24, 2.45) is 0 Å². The van der Waals surface area contributed by atoms with Crippen molar-refractivity contribution in [3.63, 3.8) is 0 Å². The van der Waals surface area contributed by atoms with Crippen LogP contribution in [0.5, 0.6) is 11.6 Å². The SMILES string of the molecule is CC/C=C\N(C)c1cc(NC(=O)c2cc([N+](=O)[O-])ccc2Cl)ccc1Oc1ncc(C(F)(F)F)cc1Cl. The summed E-state index contributed by atoms with van der Waals surface area (Å²) in [4.78, 5) is 28.6. The van der Waals surface area contributed by atoms with Crippen molar-refractivity contribution < 1.29 is 27.6 Å². The number of nitro groups is 1. The van der Waals surface area contributed by atoms with Crippen molar-refractivity contribution >= 4 is 46.2 Å². The number of amides is 1. The van der Waals surface area contributed by atoms with Gasteiger partial charge in [0.1, 0.15) is 5.02 Å². The lowest BCUT2D eigenvalue weighted by molar-refractivity contribution is -0.384. The minimum atomic E-state index is -4.62. The molecule has 0 aliphatic heterocycles. The number of rotatable bonds is 8. The molecule has 13 heteroatoms. The summed E-state index contributed by atoms with van der Waals surface area (Å²) in [6.07, 6.45) is 0.287. The Hall–Kier alpha value is -3.83. The molecule has 0 spiro atoms. The zero-order valence-electron chi connectivity index (χ0n) is 19.3. The molecule has 0 aliphatic rings. The lowest BCUT2D eigenvalue weighted by Gasteiger charge is -2.20. The second kappa shape index (κ2) is 11.5. The Labute approximate surface area is 219 Å². The van der Waals surface area contributed by atoms with E-state index >= 15 is 0 Å². The van der Waals surface area contributed by atoms with Gasteiger partial charge in [0.25, 0.3) is 11.6 Å². The van der Waals surface area contributed by atoms with Crippen LogP contribution in [0.4, 0.5) is 30.2 Å². The molecule has 2 aromatic carbocycles. The van der Waals surface area contributed by atoms with Crippen LogP contribution in [0.25, 0.3) is 0 Å². The number of carbonyl (C=O) groups is 1. The summed E-state index contributed by atoms with van der Waals surface area (Å²) in [5, 5.41) is 13.4. The van der Waals surface area contributed by atoms with Gasteiger partial charge >= 0.3 is 6.18 Å². The van der Waals surface area contributed by atoms with Gasteiger partial charge in [-0.1, -0.05) is 36.2 Å². The van der Waals surface area contributed by atoms with Gasteiger partial charge < -0.3 is 15.0 Å². The fourth-order valence-corrected chi connectivity index (χ4v) is 3.47. The molecule has 8 nitrogen and oxygen atoms in total. The van der Waals surface area contributed by atoms with E-state index in [0.29, 0.717) is 24.4 Å². The summed E-state index contributed by atoms with van der Waals surface area (Å²) < 4.78 is 44.5.